The lowest BCUT2D eigenvalue weighted by Crippen LogP contribution is -2.41. The van der Waals surface area contributed by atoms with Gasteiger partial charge in [0.2, 0.25) is 5.91 Å². The van der Waals surface area contributed by atoms with Crippen molar-refractivity contribution in [3.05, 3.63) is 88.8 Å². The summed E-state index contributed by atoms with van der Waals surface area (Å²) >= 11 is 0. The molecule has 1 aromatic heterocycles. The maximum atomic E-state index is 13.5. The van der Waals surface area contributed by atoms with E-state index in [-0.39, 0.29) is 37.0 Å². The van der Waals surface area contributed by atoms with Gasteiger partial charge < -0.3 is 14.5 Å². The van der Waals surface area contributed by atoms with E-state index in [1.807, 2.05) is 25.1 Å². The number of nitrogens with zero attached hydrogens (tertiary/aromatic N) is 2. The summed E-state index contributed by atoms with van der Waals surface area (Å²) in [5, 5.41) is 14.1. The van der Waals surface area contributed by atoms with Crippen LogP contribution in [0.15, 0.2) is 65.2 Å². The zero-order chi connectivity index (χ0) is 24.1. The highest BCUT2D eigenvalue weighted by Crippen LogP contribution is 2.30. The van der Waals surface area contributed by atoms with Crippen LogP contribution in [0.3, 0.4) is 0 Å². The summed E-state index contributed by atoms with van der Waals surface area (Å²) in [7, 11) is 0. The second-order valence-electron chi connectivity index (χ2n) is 9.37. The van der Waals surface area contributed by atoms with Gasteiger partial charge in [-0.25, -0.2) is 0 Å². The molecular formula is C28H32N2O4. The fourth-order valence-electron chi connectivity index (χ4n) is 4.73. The van der Waals surface area contributed by atoms with Crippen LogP contribution in [0.4, 0.5) is 0 Å². The third-order valence-corrected chi connectivity index (χ3v) is 6.59. The van der Waals surface area contributed by atoms with Crippen LogP contribution in [0.1, 0.15) is 53.3 Å². The molecule has 0 spiro atoms. The summed E-state index contributed by atoms with van der Waals surface area (Å²) in [5.41, 5.74) is 4.25. The largest absolute Gasteiger partial charge is 0.391 e. The summed E-state index contributed by atoms with van der Waals surface area (Å²) < 4.78 is 5.18. The van der Waals surface area contributed by atoms with Gasteiger partial charge in [-0.3, -0.25) is 9.59 Å². The number of aromatic nitrogens is 1. The standard InChI is InChI=1S/C28H32N2O4/c1-19-8-11-22(12-9-19)23(13-10-21-6-4-3-5-7-21)15-27(32)26-16-24(31)18-30(26)28(33)17-25-14-20(2)29-34-25/h3-9,11-12,14,23-24,26,31H,10,13,15-18H2,1-2H3/t23-,24-,26+/m1/s1. The van der Waals surface area contributed by atoms with Gasteiger partial charge in [0.15, 0.2) is 5.78 Å². The summed E-state index contributed by atoms with van der Waals surface area (Å²) in [6.45, 7) is 4.01. The van der Waals surface area contributed by atoms with Crippen molar-refractivity contribution in [1.82, 2.24) is 10.1 Å². The molecule has 0 saturated carbocycles. The van der Waals surface area contributed by atoms with Gasteiger partial charge in [0.1, 0.15) is 5.76 Å². The number of β-amino-alcohol motifs (C(OH)–C–C–N with tert-alkyl or cyclic N) is 1. The van der Waals surface area contributed by atoms with Gasteiger partial charge in [-0.1, -0.05) is 65.3 Å². The topological polar surface area (TPSA) is 83.6 Å². The summed E-state index contributed by atoms with van der Waals surface area (Å²) in [4.78, 5) is 28.0. The molecule has 1 amide bonds. The zero-order valence-electron chi connectivity index (χ0n) is 19.8. The predicted octanol–water partition coefficient (Wildman–Crippen LogP) is 4.17. The molecule has 3 atom stereocenters. The molecule has 1 fully saturated rings. The van der Waals surface area contributed by atoms with Crippen LogP contribution < -0.4 is 0 Å². The molecule has 0 radical (unpaired) electrons. The van der Waals surface area contributed by atoms with Gasteiger partial charge in [-0.15, -0.1) is 0 Å². The van der Waals surface area contributed by atoms with E-state index in [0.717, 1.165) is 18.4 Å². The van der Waals surface area contributed by atoms with Crippen LogP contribution in [0.5, 0.6) is 0 Å². The molecule has 3 aromatic rings. The lowest BCUT2D eigenvalue weighted by molar-refractivity contribution is -0.137. The van der Waals surface area contributed by atoms with E-state index in [0.29, 0.717) is 17.9 Å². The number of ketones is 1. The Labute approximate surface area is 200 Å². The molecule has 6 heteroatoms. The Bertz CT molecular complexity index is 1110. The van der Waals surface area contributed by atoms with Crippen molar-refractivity contribution >= 4 is 11.7 Å². The molecule has 0 bridgehead atoms. The fourth-order valence-corrected chi connectivity index (χ4v) is 4.73. The van der Waals surface area contributed by atoms with E-state index >= 15 is 0 Å². The van der Waals surface area contributed by atoms with Gasteiger partial charge >= 0.3 is 0 Å². The van der Waals surface area contributed by atoms with Crippen LogP contribution in [0, 0.1) is 13.8 Å². The maximum absolute atomic E-state index is 13.5. The predicted molar refractivity (Wildman–Crippen MR) is 129 cm³/mol. The number of aryl methyl sites for hydroxylation is 3. The van der Waals surface area contributed by atoms with E-state index < -0.39 is 12.1 Å². The molecule has 1 aliphatic heterocycles. The van der Waals surface area contributed by atoms with Gasteiger partial charge in [0, 0.05) is 25.5 Å². The van der Waals surface area contributed by atoms with Gasteiger partial charge in [0.05, 0.1) is 24.3 Å². The molecular weight excluding hydrogens is 428 g/mol. The van der Waals surface area contributed by atoms with Crippen molar-refractivity contribution in [3.63, 3.8) is 0 Å². The highest BCUT2D eigenvalue weighted by molar-refractivity contribution is 5.90. The molecule has 1 N–H and O–H groups in total. The van der Waals surface area contributed by atoms with Crippen LogP contribution in [-0.2, 0) is 22.4 Å². The molecule has 0 aliphatic carbocycles. The van der Waals surface area contributed by atoms with Crippen LogP contribution in [0.2, 0.25) is 0 Å². The second-order valence-corrected chi connectivity index (χ2v) is 9.37. The summed E-state index contributed by atoms with van der Waals surface area (Å²) in [5.74, 6) is 0.287. The number of amides is 1. The minimum absolute atomic E-state index is 0.00251. The zero-order valence-corrected chi connectivity index (χ0v) is 19.8. The van der Waals surface area contributed by atoms with Crippen molar-refractivity contribution < 1.29 is 19.2 Å². The number of hydrogen-bond donors (Lipinski definition) is 1. The number of carbonyl (C=O) groups is 2. The Kier molecular flexibility index (Phi) is 7.58. The monoisotopic (exact) mass is 460 g/mol. The molecule has 4 rings (SSSR count). The second kappa shape index (κ2) is 10.8. The Morgan fingerprint density at radius 3 is 2.53 bits per heavy atom. The Morgan fingerprint density at radius 1 is 1.12 bits per heavy atom. The molecule has 2 heterocycles. The highest BCUT2D eigenvalue weighted by atomic mass is 16.5. The molecule has 6 nitrogen and oxygen atoms in total. The summed E-state index contributed by atoms with van der Waals surface area (Å²) in [6.07, 6.45) is 1.65. The first-order chi connectivity index (χ1) is 16.4. The average molecular weight is 461 g/mol. The number of Topliss-reactive ketones (excluding diaryl/α,β-unsaturated/α-hetero) is 1. The molecule has 0 unspecified atom stereocenters. The van der Waals surface area contributed by atoms with Crippen molar-refractivity contribution in [2.45, 2.75) is 64.0 Å². The van der Waals surface area contributed by atoms with E-state index in [4.69, 9.17) is 4.52 Å². The molecule has 1 aliphatic rings. The first kappa shape index (κ1) is 23.9. The number of rotatable bonds is 9. The number of aliphatic hydroxyl groups is 1. The maximum Gasteiger partial charge on any atom is 0.231 e. The van der Waals surface area contributed by atoms with Crippen molar-refractivity contribution in [2.24, 2.45) is 0 Å². The minimum atomic E-state index is -0.698. The van der Waals surface area contributed by atoms with Crippen LogP contribution in [0.25, 0.3) is 0 Å². The average Bonchev–Trinajstić information content (AvgIpc) is 3.43. The lowest BCUT2D eigenvalue weighted by atomic mass is 9.86. The van der Waals surface area contributed by atoms with Crippen molar-refractivity contribution in [3.8, 4) is 0 Å². The Morgan fingerprint density at radius 2 is 1.85 bits per heavy atom. The number of carbonyl (C=O) groups excluding carboxylic acids is 2. The number of hydrogen-bond acceptors (Lipinski definition) is 5. The van der Waals surface area contributed by atoms with Gasteiger partial charge in [0.25, 0.3) is 0 Å². The fraction of sp³-hybridized carbons (Fsp3) is 0.393. The van der Waals surface area contributed by atoms with Gasteiger partial charge in [-0.05, 0) is 43.7 Å². The van der Waals surface area contributed by atoms with Gasteiger partial charge in [-0.2, -0.15) is 0 Å². The Hall–Kier alpha value is -3.25. The number of benzene rings is 2. The van der Waals surface area contributed by atoms with E-state index in [2.05, 4.69) is 41.6 Å². The van der Waals surface area contributed by atoms with E-state index in [1.165, 1.54) is 16.0 Å². The van der Waals surface area contributed by atoms with Crippen molar-refractivity contribution in [2.75, 3.05) is 6.54 Å². The SMILES string of the molecule is Cc1ccc([C@H](CCc2ccccc2)CC(=O)[C@@H]2C[C@@H](O)CN2C(=O)Cc2cc(C)no2)cc1. The highest BCUT2D eigenvalue weighted by Gasteiger charge is 2.39. The Balaban J connectivity index is 1.48. The lowest BCUT2D eigenvalue weighted by Gasteiger charge is -2.25. The molecule has 34 heavy (non-hydrogen) atoms. The molecule has 2 aromatic carbocycles. The first-order valence-corrected chi connectivity index (χ1v) is 11.9. The van der Waals surface area contributed by atoms with Crippen molar-refractivity contribution in [1.29, 1.82) is 0 Å². The molecule has 178 valence electrons. The van der Waals surface area contributed by atoms with E-state index in [9.17, 15) is 14.7 Å². The minimum Gasteiger partial charge on any atom is -0.391 e. The third-order valence-electron chi connectivity index (χ3n) is 6.59. The van der Waals surface area contributed by atoms with Crippen LogP contribution in [-0.4, -0.2) is 45.5 Å². The quantitative estimate of drug-likeness (QED) is 0.518. The number of likely N-dealkylation sites (tertiary alicyclic amines) is 1. The first-order valence-electron chi connectivity index (χ1n) is 11.9. The summed E-state index contributed by atoms with van der Waals surface area (Å²) in [6, 6.07) is 19.7. The third kappa shape index (κ3) is 6.00. The smallest absolute Gasteiger partial charge is 0.231 e. The number of aliphatic hydroxyl groups excluding tert-OH is 1. The van der Waals surface area contributed by atoms with Crippen LogP contribution >= 0.6 is 0 Å². The normalized spacial score (nSPS) is 18.7. The molecule has 1 saturated heterocycles. The van der Waals surface area contributed by atoms with E-state index in [1.54, 1.807) is 13.0 Å².